The molecule has 3 aromatic rings. The van der Waals surface area contributed by atoms with Gasteiger partial charge in [0.2, 0.25) is 11.7 Å². The van der Waals surface area contributed by atoms with E-state index in [-0.39, 0.29) is 0 Å². The van der Waals surface area contributed by atoms with Crippen LogP contribution in [0, 0.1) is 0 Å². The van der Waals surface area contributed by atoms with Crippen molar-refractivity contribution < 1.29 is 4.52 Å². The number of H-pyrrole nitrogens is 1. The smallest absolute Gasteiger partial charge is 0.227 e. The maximum Gasteiger partial charge on any atom is 0.227 e. The van der Waals surface area contributed by atoms with Gasteiger partial charge in [0.25, 0.3) is 0 Å². The molecule has 0 bridgehead atoms. The number of aromatic nitrogens is 4. The summed E-state index contributed by atoms with van der Waals surface area (Å²) in [6.07, 6.45) is 3.77. The van der Waals surface area contributed by atoms with E-state index in [1.54, 1.807) is 0 Å². The predicted octanol–water partition coefficient (Wildman–Crippen LogP) is 3.01. The number of nitrogens with one attached hydrogen (secondary N) is 1. The second-order valence-electron chi connectivity index (χ2n) is 6.43. The molecule has 2 aromatic heterocycles. The van der Waals surface area contributed by atoms with Crippen LogP contribution in [-0.2, 0) is 13.0 Å². The van der Waals surface area contributed by atoms with Crippen molar-refractivity contribution in [1.29, 1.82) is 0 Å². The third kappa shape index (κ3) is 3.10. The molecule has 1 aromatic carbocycles. The lowest BCUT2D eigenvalue weighted by molar-refractivity contribution is 0.228. The van der Waals surface area contributed by atoms with Gasteiger partial charge in [-0.2, -0.15) is 10.1 Å². The van der Waals surface area contributed by atoms with E-state index in [1.807, 2.05) is 36.5 Å². The van der Waals surface area contributed by atoms with Crippen LogP contribution in [0.1, 0.15) is 36.4 Å². The minimum Gasteiger partial charge on any atom is -0.339 e. The largest absolute Gasteiger partial charge is 0.339 e. The van der Waals surface area contributed by atoms with Crippen LogP contribution in [0.15, 0.2) is 41.1 Å². The summed E-state index contributed by atoms with van der Waals surface area (Å²) >= 11 is 0. The number of aromatic amines is 1. The molecular formula is C18H21N5O. The number of hydrogen-bond donors (Lipinski definition) is 1. The Morgan fingerprint density at radius 3 is 3.04 bits per heavy atom. The molecule has 1 atom stereocenters. The topological polar surface area (TPSA) is 70.8 Å². The maximum absolute atomic E-state index is 5.38. The summed E-state index contributed by atoms with van der Waals surface area (Å²) in [6.45, 7) is 5.30. The van der Waals surface area contributed by atoms with E-state index in [2.05, 4.69) is 32.2 Å². The minimum absolute atomic E-state index is 0.504. The van der Waals surface area contributed by atoms with Crippen molar-refractivity contribution in [2.24, 2.45) is 0 Å². The zero-order valence-corrected chi connectivity index (χ0v) is 13.8. The fraction of sp³-hybridized carbons (Fsp3) is 0.389. The molecule has 24 heavy (non-hydrogen) atoms. The van der Waals surface area contributed by atoms with E-state index >= 15 is 0 Å². The summed E-state index contributed by atoms with van der Waals surface area (Å²) in [6, 6.07) is 9.92. The van der Waals surface area contributed by atoms with Gasteiger partial charge in [-0.15, -0.1) is 0 Å². The molecule has 0 fully saturated rings. The van der Waals surface area contributed by atoms with Crippen LogP contribution in [0.3, 0.4) is 0 Å². The molecule has 0 radical (unpaired) electrons. The van der Waals surface area contributed by atoms with Crippen LogP contribution < -0.4 is 0 Å². The zero-order chi connectivity index (χ0) is 16.4. The lowest BCUT2D eigenvalue weighted by atomic mass is 9.98. The monoisotopic (exact) mass is 323 g/mol. The number of nitrogens with zero attached hydrogens (tertiary/aromatic N) is 4. The summed E-state index contributed by atoms with van der Waals surface area (Å²) < 4.78 is 5.38. The Kier molecular flexibility index (Phi) is 4.13. The van der Waals surface area contributed by atoms with Crippen LogP contribution in [0.4, 0.5) is 0 Å². The van der Waals surface area contributed by atoms with E-state index in [4.69, 9.17) is 4.52 Å². The van der Waals surface area contributed by atoms with Crippen LogP contribution in [0.25, 0.3) is 11.4 Å². The fourth-order valence-corrected chi connectivity index (χ4v) is 3.34. The molecule has 1 N–H and O–H groups in total. The maximum atomic E-state index is 5.38. The molecule has 1 unspecified atom stereocenters. The van der Waals surface area contributed by atoms with Gasteiger partial charge in [0, 0.05) is 42.2 Å². The second-order valence-corrected chi connectivity index (χ2v) is 6.43. The number of benzene rings is 1. The average molecular weight is 323 g/mol. The first-order chi connectivity index (χ1) is 11.8. The first-order valence-electron chi connectivity index (χ1n) is 8.42. The van der Waals surface area contributed by atoms with E-state index in [0.717, 1.165) is 38.0 Å². The van der Waals surface area contributed by atoms with Gasteiger partial charge in [0.15, 0.2) is 0 Å². The molecule has 4 rings (SSSR count). The molecule has 6 nitrogen and oxygen atoms in total. The Morgan fingerprint density at radius 1 is 1.29 bits per heavy atom. The van der Waals surface area contributed by atoms with Crippen molar-refractivity contribution in [1.82, 2.24) is 25.2 Å². The Balaban J connectivity index is 1.32. The van der Waals surface area contributed by atoms with Crippen LogP contribution in [0.2, 0.25) is 0 Å². The van der Waals surface area contributed by atoms with E-state index in [9.17, 15) is 0 Å². The summed E-state index contributed by atoms with van der Waals surface area (Å²) in [5.41, 5.74) is 3.60. The zero-order valence-electron chi connectivity index (χ0n) is 13.8. The Labute approximate surface area is 140 Å². The molecule has 124 valence electrons. The summed E-state index contributed by atoms with van der Waals surface area (Å²) in [5.74, 6) is 1.88. The van der Waals surface area contributed by atoms with Crippen molar-refractivity contribution in [3.8, 4) is 11.4 Å². The molecule has 0 spiro atoms. The van der Waals surface area contributed by atoms with Gasteiger partial charge < -0.3 is 4.52 Å². The third-order valence-corrected chi connectivity index (χ3v) is 4.54. The first-order valence-corrected chi connectivity index (χ1v) is 8.42. The number of fused-ring (bicyclic) bond motifs is 1. The van der Waals surface area contributed by atoms with Crippen molar-refractivity contribution in [3.63, 3.8) is 0 Å². The third-order valence-electron chi connectivity index (χ3n) is 4.54. The molecule has 1 aliphatic heterocycles. The Hall–Kier alpha value is -2.47. The minimum atomic E-state index is 0.504. The average Bonchev–Trinajstić information content (AvgIpc) is 3.25. The highest BCUT2D eigenvalue weighted by Gasteiger charge is 2.23. The fourth-order valence-electron chi connectivity index (χ4n) is 3.34. The number of hydrogen-bond acceptors (Lipinski definition) is 5. The second kappa shape index (κ2) is 6.57. The summed E-state index contributed by atoms with van der Waals surface area (Å²) in [4.78, 5) is 6.96. The van der Waals surface area contributed by atoms with Crippen molar-refractivity contribution in [3.05, 3.63) is 53.7 Å². The summed E-state index contributed by atoms with van der Waals surface area (Å²) in [7, 11) is 0. The molecule has 6 heteroatoms. The predicted molar refractivity (Wildman–Crippen MR) is 90.3 cm³/mol. The molecular weight excluding hydrogens is 302 g/mol. The molecule has 0 aliphatic carbocycles. The number of aryl methyl sites for hydroxylation is 1. The van der Waals surface area contributed by atoms with Crippen LogP contribution >= 0.6 is 0 Å². The van der Waals surface area contributed by atoms with Crippen molar-refractivity contribution in [2.45, 2.75) is 32.2 Å². The van der Waals surface area contributed by atoms with Gasteiger partial charge >= 0.3 is 0 Å². The van der Waals surface area contributed by atoms with E-state index < -0.39 is 0 Å². The van der Waals surface area contributed by atoms with Crippen LogP contribution in [0.5, 0.6) is 0 Å². The molecule has 3 heterocycles. The van der Waals surface area contributed by atoms with Gasteiger partial charge in [0.05, 0.1) is 6.20 Å². The van der Waals surface area contributed by atoms with Crippen molar-refractivity contribution in [2.75, 3.05) is 13.1 Å². The normalized spacial score (nSPS) is 17.8. The lowest BCUT2D eigenvalue weighted by Gasteiger charge is -2.30. The van der Waals surface area contributed by atoms with Crippen molar-refractivity contribution >= 4 is 0 Å². The standard InChI is InChI=1S/C18H21N5O/c1-13-11-23(12-15-10-19-21-17(13)15)9-5-8-16-20-18(22-24-16)14-6-3-2-4-7-14/h2-4,6-7,10,13H,5,8-9,11-12H2,1H3,(H,19,21). The molecule has 0 amide bonds. The molecule has 1 aliphatic rings. The molecule has 0 saturated carbocycles. The van der Waals surface area contributed by atoms with Crippen LogP contribution in [-0.4, -0.2) is 38.3 Å². The SMILES string of the molecule is CC1CN(CCCc2nc(-c3ccccc3)no2)Cc2cn[nH]c21. The van der Waals surface area contributed by atoms with Gasteiger partial charge in [-0.1, -0.05) is 42.4 Å². The highest BCUT2D eigenvalue weighted by Crippen LogP contribution is 2.25. The summed E-state index contributed by atoms with van der Waals surface area (Å²) in [5, 5.41) is 11.4. The van der Waals surface area contributed by atoms with Gasteiger partial charge in [-0.3, -0.25) is 10.00 Å². The van der Waals surface area contributed by atoms with E-state index in [1.165, 1.54) is 11.3 Å². The highest BCUT2D eigenvalue weighted by atomic mass is 16.5. The van der Waals surface area contributed by atoms with Gasteiger partial charge in [0.1, 0.15) is 0 Å². The number of rotatable bonds is 5. The first kappa shape index (κ1) is 15.1. The highest BCUT2D eigenvalue weighted by molar-refractivity contribution is 5.53. The van der Waals surface area contributed by atoms with Gasteiger partial charge in [-0.05, 0) is 13.0 Å². The molecule has 0 saturated heterocycles. The lowest BCUT2D eigenvalue weighted by Crippen LogP contribution is -2.33. The Morgan fingerprint density at radius 2 is 2.17 bits per heavy atom. The Bertz CT molecular complexity index is 795. The van der Waals surface area contributed by atoms with E-state index in [0.29, 0.717) is 17.6 Å². The quantitative estimate of drug-likeness (QED) is 0.781. The van der Waals surface area contributed by atoms with Gasteiger partial charge in [-0.25, -0.2) is 0 Å².